The van der Waals surface area contributed by atoms with Crippen LogP contribution in [0.4, 0.5) is 5.13 Å². The molecule has 3 rings (SSSR count). The van der Waals surface area contributed by atoms with E-state index in [1.807, 2.05) is 23.6 Å². The molecular weight excluding hydrogens is 390 g/mol. The molecule has 0 fully saturated rings. The van der Waals surface area contributed by atoms with Crippen LogP contribution < -0.4 is 5.32 Å². The second-order valence-electron chi connectivity index (χ2n) is 6.60. The molecule has 3 aromatic rings. The second-order valence-corrected chi connectivity index (χ2v) is 8.52. The number of nitrogens with one attached hydrogen (secondary N) is 1. The molecule has 0 unspecified atom stereocenters. The summed E-state index contributed by atoms with van der Waals surface area (Å²) in [5, 5.41) is 15.4. The van der Waals surface area contributed by atoms with Crippen LogP contribution in [0.25, 0.3) is 10.7 Å². The first-order valence-electron chi connectivity index (χ1n) is 9.72. The van der Waals surface area contributed by atoms with Crippen molar-refractivity contribution in [3.8, 4) is 10.7 Å². The van der Waals surface area contributed by atoms with Crippen LogP contribution in [0.1, 0.15) is 56.2 Å². The third-order valence-electron chi connectivity index (χ3n) is 4.23. The summed E-state index contributed by atoms with van der Waals surface area (Å²) in [4.78, 5) is 21.1. The van der Waals surface area contributed by atoms with Gasteiger partial charge in [0, 0.05) is 18.0 Å². The van der Waals surface area contributed by atoms with Crippen LogP contribution in [0, 0.1) is 0 Å². The summed E-state index contributed by atoms with van der Waals surface area (Å²) >= 11 is 2.95. The average Bonchev–Trinajstić information content (AvgIpc) is 3.35. The fourth-order valence-electron chi connectivity index (χ4n) is 2.78. The Balaban J connectivity index is 1.43. The van der Waals surface area contributed by atoms with Crippen molar-refractivity contribution in [1.82, 2.24) is 20.2 Å². The van der Waals surface area contributed by atoms with Crippen LogP contribution in [0.15, 0.2) is 29.8 Å². The fourth-order valence-corrected chi connectivity index (χ4v) is 4.38. The predicted octanol–water partition coefficient (Wildman–Crippen LogP) is 5.14. The van der Waals surface area contributed by atoms with Crippen LogP contribution in [0.5, 0.6) is 0 Å². The first-order valence-corrected chi connectivity index (χ1v) is 11.4. The average molecular weight is 416 g/mol. The highest BCUT2D eigenvalue weighted by Gasteiger charge is 2.12. The highest BCUT2D eigenvalue weighted by molar-refractivity contribution is 7.15. The van der Waals surface area contributed by atoms with Gasteiger partial charge in [-0.1, -0.05) is 56.4 Å². The van der Waals surface area contributed by atoms with E-state index in [1.54, 1.807) is 6.20 Å². The number of hydrogen-bond donors (Lipinski definition) is 1. The van der Waals surface area contributed by atoms with E-state index in [1.165, 1.54) is 54.8 Å². The van der Waals surface area contributed by atoms with E-state index in [4.69, 9.17) is 0 Å². The Morgan fingerprint density at radius 3 is 2.79 bits per heavy atom. The molecule has 0 atom stereocenters. The number of thiazole rings is 1. The summed E-state index contributed by atoms with van der Waals surface area (Å²) in [7, 11) is 0. The topological polar surface area (TPSA) is 80.7 Å². The van der Waals surface area contributed by atoms with E-state index in [-0.39, 0.29) is 12.3 Å². The number of anilines is 1. The maximum Gasteiger partial charge on any atom is 0.232 e. The zero-order valence-corrected chi connectivity index (χ0v) is 17.7. The summed E-state index contributed by atoms with van der Waals surface area (Å²) in [6.07, 6.45) is 10.4. The lowest BCUT2D eigenvalue weighted by molar-refractivity contribution is -0.115. The van der Waals surface area contributed by atoms with Crippen molar-refractivity contribution in [1.29, 1.82) is 0 Å². The molecule has 0 spiro atoms. The molecule has 0 aliphatic rings. The molecule has 0 aliphatic heterocycles. The van der Waals surface area contributed by atoms with Crippen LogP contribution in [0.3, 0.4) is 0 Å². The van der Waals surface area contributed by atoms with Gasteiger partial charge in [0.15, 0.2) is 0 Å². The number of aromatic nitrogens is 4. The Kier molecular flexibility index (Phi) is 8.05. The SMILES string of the molecule is CCCCCCCCc1nnc(NC(=O)Cc2csc(-c3ccccn3)n2)s1. The molecular formula is C20H25N5OS2. The zero-order valence-electron chi connectivity index (χ0n) is 16.1. The maximum atomic E-state index is 12.3. The summed E-state index contributed by atoms with van der Waals surface area (Å²) in [5.41, 5.74) is 1.56. The van der Waals surface area contributed by atoms with Crippen LogP contribution in [-0.4, -0.2) is 26.1 Å². The molecule has 3 heterocycles. The minimum Gasteiger partial charge on any atom is -0.300 e. The van der Waals surface area contributed by atoms with Gasteiger partial charge >= 0.3 is 0 Å². The first kappa shape index (κ1) is 20.5. The van der Waals surface area contributed by atoms with Crippen molar-refractivity contribution in [3.05, 3.63) is 40.5 Å². The summed E-state index contributed by atoms with van der Waals surface area (Å²) < 4.78 is 0. The third-order valence-corrected chi connectivity index (χ3v) is 6.05. The van der Waals surface area contributed by atoms with Crippen molar-refractivity contribution in [2.75, 3.05) is 5.32 Å². The molecule has 8 heteroatoms. The van der Waals surface area contributed by atoms with Gasteiger partial charge in [0.05, 0.1) is 17.8 Å². The smallest absolute Gasteiger partial charge is 0.232 e. The monoisotopic (exact) mass is 415 g/mol. The molecule has 0 aromatic carbocycles. The zero-order chi connectivity index (χ0) is 19.6. The van der Waals surface area contributed by atoms with E-state index in [9.17, 15) is 4.79 Å². The molecule has 0 bridgehead atoms. The van der Waals surface area contributed by atoms with E-state index < -0.39 is 0 Å². The van der Waals surface area contributed by atoms with Gasteiger partial charge in [0.1, 0.15) is 10.0 Å². The number of aryl methyl sites for hydroxylation is 1. The number of hydrogen-bond acceptors (Lipinski definition) is 7. The van der Waals surface area contributed by atoms with Crippen molar-refractivity contribution >= 4 is 33.7 Å². The fraction of sp³-hybridized carbons (Fsp3) is 0.450. The Bertz CT molecular complexity index is 862. The van der Waals surface area contributed by atoms with Crippen molar-refractivity contribution < 1.29 is 4.79 Å². The largest absolute Gasteiger partial charge is 0.300 e. The van der Waals surface area contributed by atoms with Gasteiger partial charge in [-0.05, 0) is 18.6 Å². The van der Waals surface area contributed by atoms with Crippen LogP contribution >= 0.6 is 22.7 Å². The van der Waals surface area contributed by atoms with Gasteiger partial charge in [0.2, 0.25) is 11.0 Å². The number of unbranched alkanes of at least 4 members (excludes halogenated alkanes) is 5. The molecule has 0 saturated heterocycles. The van der Waals surface area contributed by atoms with E-state index in [0.717, 1.165) is 34.2 Å². The summed E-state index contributed by atoms with van der Waals surface area (Å²) in [6.45, 7) is 2.23. The lowest BCUT2D eigenvalue weighted by Crippen LogP contribution is -2.14. The quantitative estimate of drug-likeness (QED) is 0.439. The molecule has 3 aromatic heterocycles. The van der Waals surface area contributed by atoms with Crippen molar-refractivity contribution in [2.45, 2.75) is 58.3 Å². The molecule has 0 radical (unpaired) electrons. The van der Waals surface area contributed by atoms with Crippen LogP contribution in [-0.2, 0) is 17.6 Å². The van der Waals surface area contributed by atoms with Gasteiger partial charge in [-0.2, -0.15) is 0 Å². The molecule has 1 N–H and O–H groups in total. The lowest BCUT2D eigenvalue weighted by atomic mass is 10.1. The minimum atomic E-state index is -0.125. The Hall–Kier alpha value is -2.19. The molecule has 148 valence electrons. The number of carbonyl (C=O) groups is 1. The van der Waals surface area contributed by atoms with Crippen molar-refractivity contribution in [3.63, 3.8) is 0 Å². The van der Waals surface area contributed by atoms with Crippen molar-refractivity contribution in [2.24, 2.45) is 0 Å². The standard InChI is InChI=1S/C20H25N5OS2/c1-2-3-4-5-6-7-11-18-24-25-20(28-18)23-17(26)13-15-14-27-19(22-15)16-10-8-9-12-21-16/h8-10,12,14H,2-7,11,13H2,1H3,(H,23,25,26). The normalized spacial score (nSPS) is 10.9. The minimum absolute atomic E-state index is 0.125. The molecule has 1 amide bonds. The Morgan fingerprint density at radius 1 is 1.11 bits per heavy atom. The third kappa shape index (κ3) is 6.45. The number of nitrogens with zero attached hydrogens (tertiary/aromatic N) is 4. The molecule has 0 saturated carbocycles. The van der Waals surface area contributed by atoms with Gasteiger partial charge < -0.3 is 5.32 Å². The van der Waals surface area contributed by atoms with E-state index in [0.29, 0.717) is 5.13 Å². The number of rotatable bonds is 11. The predicted molar refractivity (Wildman–Crippen MR) is 115 cm³/mol. The van der Waals surface area contributed by atoms with Gasteiger partial charge in [-0.25, -0.2) is 4.98 Å². The molecule has 28 heavy (non-hydrogen) atoms. The lowest BCUT2D eigenvalue weighted by Gasteiger charge is -1.99. The summed E-state index contributed by atoms with van der Waals surface area (Å²) in [6, 6.07) is 5.71. The Labute approximate surface area is 173 Å². The number of carbonyl (C=O) groups excluding carboxylic acids is 1. The van der Waals surface area contributed by atoms with Gasteiger partial charge in [-0.15, -0.1) is 21.5 Å². The van der Waals surface area contributed by atoms with Gasteiger partial charge in [0.25, 0.3) is 0 Å². The Morgan fingerprint density at radius 2 is 1.96 bits per heavy atom. The van der Waals surface area contributed by atoms with Crippen LogP contribution in [0.2, 0.25) is 0 Å². The molecule has 6 nitrogen and oxygen atoms in total. The number of amides is 1. The van der Waals surface area contributed by atoms with E-state index >= 15 is 0 Å². The highest BCUT2D eigenvalue weighted by atomic mass is 32.1. The van der Waals surface area contributed by atoms with E-state index in [2.05, 4.69) is 32.4 Å². The maximum absolute atomic E-state index is 12.3. The second kappa shape index (κ2) is 11.0. The first-order chi connectivity index (χ1) is 13.7. The molecule has 0 aliphatic carbocycles. The summed E-state index contributed by atoms with van der Waals surface area (Å²) in [5.74, 6) is -0.125. The highest BCUT2D eigenvalue weighted by Crippen LogP contribution is 2.22. The van der Waals surface area contributed by atoms with Gasteiger partial charge in [-0.3, -0.25) is 9.78 Å². The number of pyridine rings is 1.